The first-order valence-corrected chi connectivity index (χ1v) is 5.93. The van der Waals surface area contributed by atoms with E-state index in [1.807, 2.05) is 0 Å². The van der Waals surface area contributed by atoms with Crippen LogP contribution < -0.4 is 0 Å². The van der Waals surface area contributed by atoms with Crippen molar-refractivity contribution >= 4 is 5.97 Å². The Morgan fingerprint density at radius 3 is 2.29 bits per heavy atom. The molecule has 4 unspecified atom stereocenters. The van der Waals surface area contributed by atoms with Crippen LogP contribution in [0.3, 0.4) is 0 Å². The third-order valence-electron chi connectivity index (χ3n) is 2.99. The standard InChI is InChI=1S/C12H14O9/c13-5-1-4(2-6(14)8(5)16)11(18)21-10-7(15)3-20-12(19)9(10)17/h1-2,7,9-10,12-17,19H,3H2. The molecule has 2 rings (SSSR count). The van der Waals surface area contributed by atoms with Gasteiger partial charge in [-0.1, -0.05) is 0 Å². The van der Waals surface area contributed by atoms with Crippen LogP contribution in [-0.2, 0) is 9.47 Å². The van der Waals surface area contributed by atoms with Gasteiger partial charge in [-0.25, -0.2) is 4.79 Å². The largest absolute Gasteiger partial charge is 0.504 e. The van der Waals surface area contributed by atoms with Gasteiger partial charge in [0.25, 0.3) is 0 Å². The van der Waals surface area contributed by atoms with Crippen LogP contribution in [0.2, 0.25) is 0 Å². The molecule has 21 heavy (non-hydrogen) atoms. The molecular formula is C12H14O9. The molecule has 9 heteroatoms. The Kier molecular flexibility index (Phi) is 4.19. The first kappa shape index (κ1) is 15.3. The molecule has 1 aliphatic heterocycles. The van der Waals surface area contributed by atoms with Crippen molar-refractivity contribution in [3.63, 3.8) is 0 Å². The number of aliphatic hydroxyl groups is 3. The summed E-state index contributed by atoms with van der Waals surface area (Å²) in [6.45, 7) is -0.345. The van der Waals surface area contributed by atoms with E-state index < -0.39 is 47.8 Å². The van der Waals surface area contributed by atoms with E-state index in [4.69, 9.17) is 4.74 Å². The van der Waals surface area contributed by atoms with E-state index in [1.165, 1.54) is 0 Å². The van der Waals surface area contributed by atoms with Crippen LogP contribution in [0.4, 0.5) is 0 Å². The molecule has 0 aliphatic carbocycles. The van der Waals surface area contributed by atoms with Gasteiger partial charge < -0.3 is 40.1 Å². The van der Waals surface area contributed by atoms with Crippen LogP contribution in [0.15, 0.2) is 12.1 Å². The molecule has 116 valence electrons. The molecule has 0 saturated carbocycles. The number of phenols is 3. The lowest BCUT2D eigenvalue weighted by Gasteiger charge is -2.34. The summed E-state index contributed by atoms with van der Waals surface area (Å²) in [4.78, 5) is 11.9. The molecule has 9 nitrogen and oxygen atoms in total. The lowest BCUT2D eigenvalue weighted by Crippen LogP contribution is -2.54. The van der Waals surface area contributed by atoms with E-state index in [2.05, 4.69) is 4.74 Å². The fourth-order valence-corrected chi connectivity index (χ4v) is 1.84. The van der Waals surface area contributed by atoms with Gasteiger partial charge in [0.05, 0.1) is 12.2 Å². The maximum Gasteiger partial charge on any atom is 0.338 e. The molecule has 0 radical (unpaired) electrons. The summed E-state index contributed by atoms with van der Waals surface area (Å²) >= 11 is 0. The van der Waals surface area contributed by atoms with Gasteiger partial charge in [-0.2, -0.15) is 0 Å². The molecule has 1 aliphatic rings. The molecule has 1 aromatic rings. The summed E-state index contributed by atoms with van der Waals surface area (Å²) in [5.74, 6) is -3.36. The number of aromatic hydroxyl groups is 3. The molecule has 0 aromatic heterocycles. The van der Waals surface area contributed by atoms with Crippen molar-refractivity contribution in [3.8, 4) is 17.2 Å². The number of phenolic OH excluding ortho intramolecular Hbond substituents is 3. The average Bonchev–Trinajstić information content (AvgIpc) is 2.44. The minimum atomic E-state index is -1.66. The van der Waals surface area contributed by atoms with Crippen LogP contribution in [0.1, 0.15) is 10.4 Å². The lowest BCUT2D eigenvalue weighted by atomic mass is 10.1. The Hall–Kier alpha value is -2.07. The molecule has 0 spiro atoms. The Bertz CT molecular complexity index is 521. The summed E-state index contributed by atoms with van der Waals surface area (Å²) in [5, 5.41) is 56.3. The molecule has 0 amide bonds. The van der Waals surface area contributed by atoms with Crippen LogP contribution in [-0.4, -0.2) is 67.8 Å². The summed E-state index contributed by atoms with van der Waals surface area (Å²) in [7, 11) is 0. The quantitative estimate of drug-likeness (QED) is 0.279. The first-order chi connectivity index (χ1) is 9.81. The molecule has 1 fully saturated rings. The van der Waals surface area contributed by atoms with E-state index >= 15 is 0 Å². The van der Waals surface area contributed by atoms with Crippen molar-refractivity contribution in [2.24, 2.45) is 0 Å². The number of ether oxygens (including phenoxy) is 2. The summed E-state index contributed by atoms with van der Waals surface area (Å²) in [6, 6.07) is 1.68. The highest BCUT2D eigenvalue weighted by Crippen LogP contribution is 2.35. The van der Waals surface area contributed by atoms with Gasteiger partial charge in [-0.15, -0.1) is 0 Å². The minimum Gasteiger partial charge on any atom is -0.504 e. The van der Waals surface area contributed by atoms with E-state index in [1.54, 1.807) is 0 Å². The fraction of sp³-hybridized carbons (Fsp3) is 0.417. The van der Waals surface area contributed by atoms with E-state index in [-0.39, 0.29) is 12.2 Å². The third kappa shape index (κ3) is 3.00. The second-order valence-electron chi connectivity index (χ2n) is 4.51. The lowest BCUT2D eigenvalue weighted by molar-refractivity contribution is -0.251. The second kappa shape index (κ2) is 5.74. The zero-order valence-electron chi connectivity index (χ0n) is 10.6. The second-order valence-corrected chi connectivity index (χ2v) is 4.51. The van der Waals surface area contributed by atoms with E-state index in [0.29, 0.717) is 0 Å². The molecule has 4 atom stereocenters. The van der Waals surface area contributed by atoms with Gasteiger partial charge in [0.2, 0.25) is 0 Å². The van der Waals surface area contributed by atoms with Crippen molar-refractivity contribution in [3.05, 3.63) is 17.7 Å². The van der Waals surface area contributed by atoms with Crippen LogP contribution in [0.25, 0.3) is 0 Å². The van der Waals surface area contributed by atoms with Crippen LogP contribution >= 0.6 is 0 Å². The van der Waals surface area contributed by atoms with E-state index in [9.17, 15) is 35.4 Å². The third-order valence-corrected chi connectivity index (χ3v) is 2.99. The number of benzene rings is 1. The number of aliphatic hydroxyl groups excluding tert-OH is 3. The predicted octanol–water partition coefficient (Wildman–Crippen LogP) is -1.60. The Morgan fingerprint density at radius 1 is 1.14 bits per heavy atom. The molecule has 1 aromatic carbocycles. The zero-order valence-corrected chi connectivity index (χ0v) is 10.6. The SMILES string of the molecule is O=C(OC1C(O)COC(O)C1O)c1cc(O)c(O)c(O)c1. The molecular weight excluding hydrogens is 288 g/mol. The van der Waals surface area contributed by atoms with Crippen molar-refractivity contribution in [1.29, 1.82) is 0 Å². The highest BCUT2D eigenvalue weighted by Gasteiger charge is 2.40. The van der Waals surface area contributed by atoms with Gasteiger partial charge in [0.15, 0.2) is 29.6 Å². The smallest absolute Gasteiger partial charge is 0.338 e. The number of rotatable bonds is 2. The first-order valence-electron chi connectivity index (χ1n) is 5.93. The topological polar surface area (TPSA) is 157 Å². The molecule has 0 bridgehead atoms. The molecule has 6 N–H and O–H groups in total. The number of hydrogen-bond acceptors (Lipinski definition) is 9. The fourth-order valence-electron chi connectivity index (χ4n) is 1.84. The number of carbonyl (C=O) groups excluding carboxylic acids is 1. The van der Waals surface area contributed by atoms with Crippen LogP contribution in [0, 0.1) is 0 Å². The Labute approximate surface area is 118 Å². The van der Waals surface area contributed by atoms with Gasteiger partial charge in [0.1, 0.15) is 12.2 Å². The maximum absolute atomic E-state index is 11.9. The highest BCUT2D eigenvalue weighted by molar-refractivity contribution is 5.91. The average molecular weight is 302 g/mol. The Balaban J connectivity index is 2.17. The van der Waals surface area contributed by atoms with Gasteiger partial charge >= 0.3 is 5.97 Å². The zero-order chi connectivity index (χ0) is 15.7. The van der Waals surface area contributed by atoms with Crippen molar-refractivity contribution in [2.75, 3.05) is 6.61 Å². The monoisotopic (exact) mass is 302 g/mol. The van der Waals surface area contributed by atoms with E-state index in [0.717, 1.165) is 12.1 Å². The number of hydrogen-bond donors (Lipinski definition) is 6. The van der Waals surface area contributed by atoms with Crippen LogP contribution in [0.5, 0.6) is 17.2 Å². The minimum absolute atomic E-state index is 0.316. The molecule has 1 saturated heterocycles. The predicted molar refractivity (Wildman–Crippen MR) is 64.6 cm³/mol. The Morgan fingerprint density at radius 2 is 1.71 bits per heavy atom. The van der Waals surface area contributed by atoms with Crippen molar-refractivity contribution in [2.45, 2.75) is 24.6 Å². The van der Waals surface area contributed by atoms with Crippen molar-refractivity contribution in [1.82, 2.24) is 0 Å². The number of esters is 1. The van der Waals surface area contributed by atoms with Gasteiger partial charge in [-0.3, -0.25) is 0 Å². The highest BCUT2D eigenvalue weighted by atomic mass is 16.6. The summed E-state index contributed by atoms with van der Waals surface area (Å²) in [5.41, 5.74) is -0.316. The summed E-state index contributed by atoms with van der Waals surface area (Å²) < 4.78 is 9.46. The normalized spacial score (nSPS) is 29.1. The van der Waals surface area contributed by atoms with Gasteiger partial charge in [0, 0.05) is 0 Å². The van der Waals surface area contributed by atoms with Crippen molar-refractivity contribution < 1.29 is 44.9 Å². The maximum atomic E-state index is 11.9. The van der Waals surface area contributed by atoms with Gasteiger partial charge in [-0.05, 0) is 12.1 Å². The number of carbonyl (C=O) groups is 1. The summed E-state index contributed by atoms with van der Waals surface area (Å²) in [6.07, 6.45) is -6.07. The molecule has 1 heterocycles.